The first-order valence-corrected chi connectivity index (χ1v) is 5.72. The molecule has 0 saturated carbocycles. The minimum atomic E-state index is -0.567. The van der Waals surface area contributed by atoms with Gasteiger partial charge in [-0.1, -0.05) is 26.7 Å². The molecule has 3 unspecified atom stereocenters. The second-order valence-corrected chi connectivity index (χ2v) is 4.39. The maximum Gasteiger partial charge on any atom is 0.0897 e. The lowest BCUT2D eigenvalue weighted by Crippen LogP contribution is -2.32. The van der Waals surface area contributed by atoms with Gasteiger partial charge in [0.15, 0.2) is 0 Å². The fraction of sp³-hybridized carbons (Fsp3) is 1.00. The minimum Gasteiger partial charge on any atom is -0.394 e. The Morgan fingerprint density at radius 3 is 2.07 bits per heavy atom. The topological polar surface area (TPSA) is 43.7 Å². The van der Waals surface area contributed by atoms with Gasteiger partial charge < -0.3 is 15.1 Å². The second-order valence-electron chi connectivity index (χ2n) is 4.39. The number of hydrogen-bond acceptors (Lipinski definition) is 3. The first-order valence-electron chi connectivity index (χ1n) is 5.72. The fourth-order valence-corrected chi connectivity index (χ4v) is 2.47. The summed E-state index contributed by atoms with van der Waals surface area (Å²) in [5.41, 5.74) is 0. The maximum atomic E-state index is 9.34. The highest BCUT2D eigenvalue weighted by Crippen LogP contribution is 2.28. The maximum absolute atomic E-state index is 9.34. The molecule has 84 valence electrons. The summed E-state index contributed by atoms with van der Waals surface area (Å²) in [4.78, 5) is 2.28. The van der Waals surface area contributed by atoms with Gasteiger partial charge in [0, 0.05) is 19.6 Å². The van der Waals surface area contributed by atoms with Crippen molar-refractivity contribution in [3.05, 3.63) is 0 Å². The Morgan fingerprint density at radius 2 is 1.71 bits per heavy atom. The zero-order chi connectivity index (χ0) is 10.6. The molecule has 0 aromatic rings. The van der Waals surface area contributed by atoms with Gasteiger partial charge in [-0.05, 0) is 11.8 Å². The largest absolute Gasteiger partial charge is 0.394 e. The molecule has 3 heteroatoms. The second kappa shape index (κ2) is 5.69. The predicted octanol–water partition coefficient (Wildman–Crippen LogP) is 0.708. The van der Waals surface area contributed by atoms with Crippen LogP contribution in [-0.2, 0) is 0 Å². The molecule has 0 aromatic heterocycles. The first-order chi connectivity index (χ1) is 6.71. The van der Waals surface area contributed by atoms with Crippen molar-refractivity contribution in [3.63, 3.8) is 0 Å². The van der Waals surface area contributed by atoms with Gasteiger partial charge in [0.25, 0.3) is 0 Å². The smallest absolute Gasteiger partial charge is 0.0897 e. The van der Waals surface area contributed by atoms with Gasteiger partial charge in [-0.15, -0.1) is 0 Å². The average Bonchev–Trinajstić information content (AvgIpc) is 2.59. The van der Waals surface area contributed by atoms with Gasteiger partial charge in [0.05, 0.1) is 12.7 Å². The fourth-order valence-electron chi connectivity index (χ4n) is 2.47. The highest BCUT2D eigenvalue weighted by molar-refractivity contribution is 4.83. The molecule has 2 N–H and O–H groups in total. The summed E-state index contributed by atoms with van der Waals surface area (Å²) in [7, 11) is 0. The molecule has 0 amide bonds. The summed E-state index contributed by atoms with van der Waals surface area (Å²) in [5.74, 6) is 1.57. The molecule has 0 bridgehead atoms. The number of nitrogens with zero attached hydrogens (tertiary/aromatic N) is 1. The molecular weight excluding hydrogens is 178 g/mol. The van der Waals surface area contributed by atoms with E-state index in [0.29, 0.717) is 6.54 Å². The number of likely N-dealkylation sites (tertiary alicyclic amines) is 1. The van der Waals surface area contributed by atoms with Gasteiger partial charge in [-0.25, -0.2) is 0 Å². The Labute approximate surface area is 86.7 Å². The van der Waals surface area contributed by atoms with E-state index >= 15 is 0 Å². The third-order valence-electron chi connectivity index (χ3n) is 3.38. The number of aliphatic hydroxyl groups excluding tert-OH is 2. The molecule has 1 aliphatic rings. The van der Waals surface area contributed by atoms with Crippen molar-refractivity contribution in [2.24, 2.45) is 11.8 Å². The van der Waals surface area contributed by atoms with Crippen molar-refractivity contribution < 1.29 is 10.2 Å². The van der Waals surface area contributed by atoms with Crippen LogP contribution in [0, 0.1) is 11.8 Å². The highest BCUT2D eigenvalue weighted by atomic mass is 16.3. The lowest BCUT2D eigenvalue weighted by Gasteiger charge is -2.18. The number of β-amino-alcohol motifs (C(OH)–C–C–N with tert-alkyl or cyclic N) is 1. The van der Waals surface area contributed by atoms with Crippen LogP contribution in [0.1, 0.15) is 26.7 Å². The molecule has 1 saturated heterocycles. The quantitative estimate of drug-likeness (QED) is 0.688. The van der Waals surface area contributed by atoms with E-state index in [-0.39, 0.29) is 6.61 Å². The molecule has 1 fully saturated rings. The Kier molecular flexibility index (Phi) is 4.85. The van der Waals surface area contributed by atoms with E-state index in [4.69, 9.17) is 5.11 Å². The van der Waals surface area contributed by atoms with Gasteiger partial charge in [0.2, 0.25) is 0 Å². The molecule has 3 atom stereocenters. The summed E-state index contributed by atoms with van der Waals surface area (Å²) >= 11 is 0. The number of hydrogen-bond donors (Lipinski definition) is 2. The van der Waals surface area contributed by atoms with Crippen LogP contribution in [0.3, 0.4) is 0 Å². The van der Waals surface area contributed by atoms with Crippen molar-refractivity contribution in [2.45, 2.75) is 32.8 Å². The SMILES string of the molecule is CCC1CN(CC(O)CO)CC1CC. The first kappa shape index (κ1) is 12.0. The van der Waals surface area contributed by atoms with Crippen molar-refractivity contribution in [2.75, 3.05) is 26.2 Å². The van der Waals surface area contributed by atoms with Gasteiger partial charge in [-0.2, -0.15) is 0 Å². The Morgan fingerprint density at radius 1 is 1.21 bits per heavy atom. The van der Waals surface area contributed by atoms with Gasteiger partial charge >= 0.3 is 0 Å². The third kappa shape index (κ3) is 2.94. The molecular formula is C11H23NO2. The van der Waals surface area contributed by atoms with Crippen molar-refractivity contribution in [3.8, 4) is 0 Å². The number of rotatable bonds is 5. The van der Waals surface area contributed by atoms with E-state index in [1.807, 2.05) is 0 Å². The van der Waals surface area contributed by atoms with Crippen LogP contribution >= 0.6 is 0 Å². The van der Waals surface area contributed by atoms with E-state index in [9.17, 15) is 5.11 Å². The summed E-state index contributed by atoms with van der Waals surface area (Å²) < 4.78 is 0. The third-order valence-corrected chi connectivity index (χ3v) is 3.38. The van der Waals surface area contributed by atoms with E-state index < -0.39 is 6.10 Å². The Hall–Kier alpha value is -0.120. The summed E-state index contributed by atoms with van der Waals surface area (Å²) in [6.45, 7) is 7.16. The highest BCUT2D eigenvalue weighted by Gasteiger charge is 2.30. The van der Waals surface area contributed by atoms with Crippen molar-refractivity contribution in [1.82, 2.24) is 4.90 Å². The van der Waals surface area contributed by atoms with Crippen LogP contribution in [-0.4, -0.2) is 47.5 Å². The molecule has 1 heterocycles. The van der Waals surface area contributed by atoms with E-state index in [2.05, 4.69) is 18.7 Å². The van der Waals surface area contributed by atoms with Crippen LogP contribution < -0.4 is 0 Å². The standard InChI is InChI=1S/C11H23NO2/c1-3-9-5-12(6-10(9)4-2)7-11(14)8-13/h9-11,13-14H,3-8H2,1-2H3. The van der Waals surface area contributed by atoms with Gasteiger partial charge in [-0.3, -0.25) is 0 Å². The van der Waals surface area contributed by atoms with Gasteiger partial charge in [0.1, 0.15) is 0 Å². The molecule has 1 rings (SSSR count). The Bertz CT molecular complexity index is 151. The zero-order valence-corrected chi connectivity index (χ0v) is 9.32. The van der Waals surface area contributed by atoms with Crippen LogP contribution in [0.4, 0.5) is 0 Å². The molecule has 14 heavy (non-hydrogen) atoms. The predicted molar refractivity (Wildman–Crippen MR) is 57.1 cm³/mol. The number of aliphatic hydroxyl groups is 2. The van der Waals surface area contributed by atoms with Crippen LogP contribution in [0.2, 0.25) is 0 Å². The van der Waals surface area contributed by atoms with Crippen LogP contribution in [0.25, 0.3) is 0 Å². The average molecular weight is 201 g/mol. The zero-order valence-electron chi connectivity index (χ0n) is 9.32. The summed E-state index contributed by atoms with van der Waals surface area (Å²) in [5, 5.41) is 18.1. The van der Waals surface area contributed by atoms with Crippen molar-refractivity contribution in [1.29, 1.82) is 0 Å². The molecule has 0 aliphatic carbocycles. The van der Waals surface area contributed by atoms with E-state index in [1.165, 1.54) is 12.8 Å². The molecule has 0 spiro atoms. The normalized spacial score (nSPS) is 30.9. The summed E-state index contributed by atoms with van der Waals surface area (Å²) in [6.07, 6.45) is 1.89. The molecule has 0 radical (unpaired) electrons. The van der Waals surface area contributed by atoms with E-state index in [1.54, 1.807) is 0 Å². The minimum absolute atomic E-state index is 0.121. The van der Waals surface area contributed by atoms with Crippen LogP contribution in [0.15, 0.2) is 0 Å². The Balaban J connectivity index is 2.37. The lowest BCUT2D eigenvalue weighted by molar-refractivity contribution is 0.0644. The monoisotopic (exact) mass is 201 g/mol. The van der Waals surface area contributed by atoms with Crippen LogP contribution in [0.5, 0.6) is 0 Å². The van der Waals surface area contributed by atoms with E-state index in [0.717, 1.165) is 24.9 Å². The molecule has 1 aliphatic heterocycles. The summed E-state index contributed by atoms with van der Waals surface area (Å²) in [6, 6.07) is 0. The molecule has 0 aromatic carbocycles. The van der Waals surface area contributed by atoms with Crippen molar-refractivity contribution >= 4 is 0 Å². The lowest BCUT2D eigenvalue weighted by atomic mass is 9.92. The molecule has 3 nitrogen and oxygen atoms in total.